The number of rotatable bonds is 5. The molecule has 2 aromatic heterocycles. The van der Waals surface area contributed by atoms with E-state index < -0.39 is 0 Å². The highest BCUT2D eigenvalue weighted by Crippen LogP contribution is 2.16. The number of H-pyrrole nitrogens is 1. The van der Waals surface area contributed by atoms with Gasteiger partial charge in [0.25, 0.3) is 5.56 Å². The highest BCUT2D eigenvalue weighted by atomic mass is 16.2. The number of nitrogens with zero attached hydrogens (tertiary/aromatic N) is 3. The van der Waals surface area contributed by atoms with Crippen LogP contribution in [-0.2, 0) is 17.9 Å². The summed E-state index contributed by atoms with van der Waals surface area (Å²) < 4.78 is 1.21. The molecule has 1 amide bonds. The third-order valence-corrected chi connectivity index (χ3v) is 4.64. The number of amides is 1. The minimum absolute atomic E-state index is 0.101. The molecule has 0 atom stereocenters. The predicted molar refractivity (Wildman–Crippen MR) is 109 cm³/mol. The number of hydrogen-bond acceptors (Lipinski definition) is 3. The standard InChI is InChI=1S/C22H20N4O2/c1-25(14-18-13-17-9-5-6-10-19(17)23-18)22(28)15-26-21(27)12-11-20(24-26)16-7-3-2-4-8-16/h2-13,23H,14-15H2,1H3. The van der Waals surface area contributed by atoms with Gasteiger partial charge in [0.05, 0.1) is 12.2 Å². The highest BCUT2D eigenvalue weighted by molar-refractivity contribution is 5.80. The van der Waals surface area contributed by atoms with E-state index in [0.29, 0.717) is 12.2 Å². The van der Waals surface area contributed by atoms with Crippen molar-refractivity contribution < 1.29 is 4.79 Å². The second kappa shape index (κ2) is 7.52. The zero-order valence-corrected chi connectivity index (χ0v) is 15.5. The Labute approximate surface area is 162 Å². The summed E-state index contributed by atoms with van der Waals surface area (Å²) in [5.74, 6) is -0.182. The number of fused-ring (bicyclic) bond motifs is 1. The van der Waals surface area contributed by atoms with Gasteiger partial charge in [-0.05, 0) is 23.6 Å². The minimum atomic E-state index is -0.299. The largest absolute Gasteiger partial charge is 0.357 e. The molecule has 0 radical (unpaired) electrons. The number of likely N-dealkylation sites (N-methyl/N-ethyl adjacent to an activating group) is 1. The molecule has 6 heteroatoms. The molecule has 4 rings (SSSR count). The Morgan fingerprint density at radius 3 is 2.57 bits per heavy atom. The topological polar surface area (TPSA) is 71.0 Å². The molecule has 2 aromatic carbocycles. The van der Waals surface area contributed by atoms with E-state index in [1.807, 2.05) is 60.7 Å². The summed E-state index contributed by atoms with van der Waals surface area (Å²) in [4.78, 5) is 29.7. The van der Waals surface area contributed by atoms with E-state index in [4.69, 9.17) is 0 Å². The lowest BCUT2D eigenvalue weighted by molar-refractivity contribution is -0.131. The molecule has 0 fully saturated rings. The fourth-order valence-corrected chi connectivity index (χ4v) is 3.14. The number of benzene rings is 2. The minimum Gasteiger partial charge on any atom is -0.357 e. The van der Waals surface area contributed by atoms with Crippen molar-refractivity contribution in [3.63, 3.8) is 0 Å². The molecule has 2 heterocycles. The zero-order valence-electron chi connectivity index (χ0n) is 15.5. The molecule has 0 saturated heterocycles. The van der Waals surface area contributed by atoms with E-state index in [2.05, 4.69) is 10.1 Å². The number of nitrogens with one attached hydrogen (secondary N) is 1. The summed E-state index contributed by atoms with van der Waals surface area (Å²) in [6.07, 6.45) is 0. The molecule has 4 aromatic rings. The van der Waals surface area contributed by atoms with Crippen molar-refractivity contribution in [1.82, 2.24) is 19.7 Å². The van der Waals surface area contributed by atoms with E-state index in [9.17, 15) is 9.59 Å². The molecule has 140 valence electrons. The van der Waals surface area contributed by atoms with Gasteiger partial charge in [0.15, 0.2) is 0 Å². The van der Waals surface area contributed by atoms with Gasteiger partial charge in [-0.3, -0.25) is 9.59 Å². The second-order valence-corrected chi connectivity index (χ2v) is 6.71. The number of carbonyl (C=O) groups is 1. The van der Waals surface area contributed by atoms with Crippen LogP contribution in [-0.4, -0.2) is 32.6 Å². The van der Waals surface area contributed by atoms with E-state index >= 15 is 0 Å². The van der Waals surface area contributed by atoms with Gasteiger partial charge >= 0.3 is 0 Å². The van der Waals surface area contributed by atoms with Gasteiger partial charge in [-0.25, -0.2) is 4.68 Å². The first-order valence-corrected chi connectivity index (χ1v) is 9.04. The van der Waals surface area contributed by atoms with Crippen LogP contribution in [0, 0.1) is 0 Å². The van der Waals surface area contributed by atoms with Gasteiger partial charge in [-0.2, -0.15) is 5.10 Å². The van der Waals surface area contributed by atoms with Gasteiger partial charge in [-0.15, -0.1) is 0 Å². The van der Waals surface area contributed by atoms with Gasteiger partial charge in [0.1, 0.15) is 6.54 Å². The van der Waals surface area contributed by atoms with Crippen LogP contribution >= 0.6 is 0 Å². The first kappa shape index (κ1) is 17.7. The fraction of sp³-hybridized carbons (Fsp3) is 0.136. The summed E-state index contributed by atoms with van der Waals surface area (Å²) in [6.45, 7) is 0.330. The molecule has 0 saturated carbocycles. The third-order valence-electron chi connectivity index (χ3n) is 4.64. The average molecular weight is 372 g/mol. The molecule has 0 aliphatic heterocycles. The Kier molecular flexibility index (Phi) is 4.76. The van der Waals surface area contributed by atoms with E-state index in [1.54, 1.807) is 18.0 Å². The summed E-state index contributed by atoms with van der Waals surface area (Å²) in [7, 11) is 1.72. The van der Waals surface area contributed by atoms with Gasteiger partial charge < -0.3 is 9.88 Å². The molecule has 0 unspecified atom stereocenters. The summed E-state index contributed by atoms with van der Waals surface area (Å²) in [5.41, 5.74) is 3.23. The maximum atomic E-state index is 12.6. The Hall–Kier alpha value is -3.67. The SMILES string of the molecule is CN(Cc1cc2ccccc2[nH]1)C(=O)Cn1nc(-c2ccccc2)ccc1=O. The van der Waals surface area contributed by atoms with Crippen LogP contribution < -0.4 is 5.56 Å². The maximum absolute atomic E-state index is 12.6. The Morgan fingerprint density at radius 1 is 1.04 bits per heavy atom. The van der Waals surface area contributed by atoms with E-state index in [1.165, 1.54) is 10.7 Å². The number of aromatic nitrogens is 3. The van der Waals surface area contributed by atoms with Crippen molar-refractivity contribution in [3.05, 3.63) is 88.8 Å². The molecule has 0 aliphatic carbocycles. The first-order valence-electron chi connectivity index (χ1n) is 9.04. The second-order valence-electron chi connectivity index (χ2n) is 6.71. The van der Waals surface area contributed by atoms with Crippen molar-refractivity contribution >= 4 is 16.8 Å². The Morgan fingerprint density at radius 2 is 1.79 bits per heavy atom. The van der Waals surface area contributed by atoms with Crippen molar-refractivity contribution in [2.45, 2.75) is 13.1 Å². The van der Waals surface area contributed by atoms with E-state index in [-0.39, 0.29) is 18.0 Å². The van der Waals surface area contributed by atoms with Gasteiger partial charge in [0.2, 0.25) is 5.91 Å². The number of para-hydroxylation sites is 1. The summed E-state index contributed by atoms with van der Waals surface area (Å²) in [6, 6.07) is 22.7. The average Bonchev–Trinajstić information content (AvgIpc) is 3.12. The lowest BCUT2D eigenvalue weighted by atomic mass is 10.1. The van der Waals surface area contributed by atoms with Gasteiger partial charge in [0, 0.05) is 29.9 Å². The Bertz CT molecular complexity index is 1140. The quantitative estimate of drug-likeness (QED) is 0.585. The van der Waals surface area contributed by atoms with Crippen LogP contribution in [0.5, 0.6) is 0 Å². The predicted octanol–water partition coefficient (Wildman–Crippen LogP) is 3.05. The molecule has 0 aliphatic rings. The lowest BCUT2D eigenvalue weighted by Crippen LogP contribution is -2.34. The molecular weight excluding hydrogens is 352 g/mol. The first-order chi connectivity index (χ1) is 13.6. The van der Waals surface area contributed by atoms with Crippen molar-refractivity contribution in [2.75, 3.05) is 7.05 Å². The normalized spacial score (nSPS) is 10.9. The summed E-state index contributed by atoms with van der Waals surface area (Å²) in [5, 5.41) is 5.46. The van der Waals surface area contributed by atoms with Crippen molar-refractivity contribution in [1.29, 1.82) is 0 Å². The van der Waals surface area contributed by atoms with Crippen molar-refractivity contribution in [3.8, 4) is 11.3 Å². The lowest BCUT2D eigenvalue weighted by Gasteiger charge is -2.17. The van der Waals surface area contributed by atoms with Crippen LogP contribution in [0.3, 0.4) is 0 Å². The monoisotopic (exact) mass is 372 g/mol. The van der Waals surface area contributed by atoms with Crippen molar-refractivity contribution in [2.24, 2.45) is 0 Å². The molecule has 28 heavy (non-hydrogen) atoms. The smallest absolute Gasteiger partial charge is 0.267 e. The number of carbonyl (C=O) groups excluding carboxylic acids is 1. The number of aromatic amines is 1. The van der Waals surface area contributed by atoms with E-state index in [0.717, 1.165) is 22.2 Å². The fourth-order valence-electron chi connectivity index (χ4n) is 3.14. The molecule has 1 N–H and O–H groups in total. The highest BCUT2D eigenvalue weighted by Gasteiger charge is 2.13. The van der Waals surface area contributed by atoms with Crippen LogP contribution in [0.15, 0.2) is 77.6 Å². The summed E-state index contributed by atoms with van der Waals surface area (Å²) >= 11 is 0. The van der Waals surface area contributed by atoms with Gasteiger partial charge in [-0.1, -0.05) is 48.5 Å². The molecule has 6 nitrogen and oxygen atoms in total. The number of hydrogen-bond donors (Lipinski definition) is 1. The zero-order chi connectivity index (χ0) is 19.5. The van der Waals surface area contributed by atoms with Crippen LogP contribution in [0.2, 0.25) is 0 Å². The van der Waals surface area contributed by atoms with Crippen LogP contribution in [0.25, 0.3) is 22.2 Å². The van der Waals surface area contributed by atoms with Crippen LogP contribution in [0.4, 0.5) is 0 Å². The molecule has 0 bridgehead atoms. The Balaban J connectivity index is 1.50. The molecular formula is C22H20N4O2. The maximum Gasteiger partial charge on any atom is 0.267 e. The third kappa shape index (κ3) is 3.71. The van der Waals surface area contributed by atoms with Crippen LogP contribution in [0.1, 0.15) is 5.69 Å². The molecule has 0 spiro atoms.